The van der Waals surface area contributed by atoms with Gasteiger partial charge < -0.3 is 19.0 Å². The summed E-state index contributed by atoms with van der Waals surface area (Å²) in [4.78, 5) is 30.8. The molecule has 1 aromatic heterocycles. The first-order valence-corrected chi connectivity index (χ1v) is 10.3. The molecule has 0 saturated heterocycles. The second kappa shape index (κ2) is 8.32. The number of nitrogens with zero attached hydrogens (tertiary/aromatic N) is 2. The van der Waals surface area contributed by atoms with Gasteiger partial charge in [0.05, 0.1) is 24.1 Å². The zero-order valence-corrected chi connectivity index (χ0v) is 17.6. The molecule has 4 rings (SSSR count). The summed E-state index contributed by atoms with van der Waals surface area (Å²) < 4.78 is 11.2. The van der Waals surface area contributed by atoms with E-state index in [1.54, 1.807) is 30.2 Å². The molecule has 0 N–H and O–H groups in total. The van der Waals surface area contributed by atoms with Crippen molar-refractivity contribution in [2.45, 2.75) is 19.9 Å². The number of fused-ring (bicyclic) bond motifs is 2. The smallest absolute Gasteiger partial charge is 0.290 e. The van der Waals surface area contributed by atoms with E-state index in [4.69, 9.17) is 9.15 Å². The largest absolute Gasteiger partial charge is 0.497 e. The number of benzene rings is 2. The van der Waals surface area contributed by atoms with Crippen LogP contribution in [0.5, 0.6) is 5.75 Å². The van der Waals surface area contributed by atoms with Crippen LogP contribution < -0.4 is 10.2 Å². The van der Waals surface area contributed by atoms with Crippen LogP contribution in [0.4, 0.5) is 0 Å². The summed E-state index contributed by atoms with van der Waals surface area (Å²) in [6.07, 6.45) is 0. The van der Waals surface area contributed by atoms with Crippen LogP contribution in [-0.4, -0.2) is 49.0 Å². The van der Waals surface area contributed by atoms with E-state index in [1.165, 1.54) is 0 Å². The molecule has 2 aromatic carbocycles. The van der Waals surface area contributed by atoms with Gasteiger partial charge in [-0.05, 0) is 30.8 Å². The molecule has 1 aliphatic heterocycles. The van der Waals surface area contributed by atoms with Gasteiger partial charge in [0.25, 0.3) is 5.91 Å². The van der Waals surface area contributed by atoms with Crippen molar-refractivity contribution in [2.24, 2.45) is 0 Å². The van der Waals surface area contributed by atoms with Gasteiger partial charge in [0.2, 0.25) is 5.76 Å². The summed E-state index contributed by atoms with van der Waals surface area (Å²) in [6, 6.07) is 14.3. The zero-order chi connectivity index (χ0) is 21.3. The molecule has 3 aromatic rings. The lowest BCUT2D eigenvalue weighted by Crippen LogP contribution is -2.37. The quantitative estimate of drug-likeness (QED) is 0.599. The van der Waals surface area contributed by atoms with Gasteiger partial charge in [-0.25, -0.2) is 0 Å². The summed E-state index contributed by atoms with van der Waals surface area (Å²) in [6.45, 7) is 7.26. The van der Waals surface area contributed by atoms with Crippen LogP contribution in [0, 0.1) is 0 Å². The fourth-order valence-corrected chi connectivity index (χ4v) is 4.13. The molecular weight excluding hydrogens is 380 g/mol. The zero-order valence-electron chi connectivity index (χ0n) is 17.6. The highest BCUT2D eigenvalue weighted by Crippen LogP contribution is 2.38. The first-order chi connectivity index (χ1) is 14.6. The molecule has 0 fully saturated rings. The number of hydrogen-bond acceptors (Lipinski definition) is 5. The van der Waals surface area contributed by atoms with Gasteiger partial charge in [0.1, 0.15) is 11.3 Å². The Balaban J connectivity index is 1.86. The SMILES string of the molecule is CCN(CC)CCN1C(=O)c2oc3cc(OC)ccc3c(=O)c2C1c1ccccc1. The Kier molecular flexibility index (Phi) is 5.59. The molecule has 1 aliphatic rings. The van der Waals surface area contributed by atoms with Gasteiger partial charge in [0.15, 0.2) is 5.43 Å². The molecule has 1 unspecified atom stereocenters. The van der Waals surface area contributed by atoms with Crippen LogP contribution in [0.15, 0.2) is 57.7 Å². The van der Waals surface area contributed by atoms with Crippen LogP contribution in [-0.2, 0) is 0 Å². The molecule has 6 heteroatoms. The Morgan fingerprint density at radius 3 is 2.47 bits per heavy atom. The standard InChI is InChI=1S/C24H26N2O4/c1-4-25(5-2)13-14-26-21(16-9-7-6-8-10-16)20-22(27)18-12-11-17(29-3)15-19(18)30-23(20)24(26)28/h6-12,15,21H,4-5,13-14H2,1-3H3. The van der Waals surface area contributed by atoms with Crippen molar-refractivity contribution in [2.75, 3.05) is 33.3 Å². The first kappa shape index (κ1) is 20.2. The van der Waals surface area contributed by atoms with E-state index in [-0.39, 0.29) is 17.1 Å². The van der Waals surface area contributed by atoms with Gasteiger partial charge in [-0.2, -0.15) is 0 Å². The Morgan fingerprint density at radius 2 is 1.80 bits per heavy atom. The van der Waals surface area contributed by atoms with E-state index in [1.807, 2.05) is 30.3 Å². The maximum atomic E-state index is 13.5. The van der Waals surface area contributed by atoms with E-state index in [2.05, 4.69) is 18.7 Å². The first-order valence-electron chi connectivity index (χ1n) is 10.3. The minimum absolute atomic E-state index is 0.133. The molecule has 0 aliphatic carbocycles. The van der Waals surface area contributed by atoms with E-state index in [0.29, 0.717) is 28.8 Å². The summed E-state index contributed by atoms with van der Waals surface area (Å²) in [7, 11) is 1.55. The summed E-state index contributed by atoms with van der Waals surface area (Å²) in [5.74, 6) is 0.469. The van der Waals surface area contributed by atoms with Crippen molar-refractivity contribution in [1.82, 2.24) is 9.80 Å². The Bertz CT molecular complexity index is 1120. The van der Waals surface area contributed by atoms with Crippen LogP contribution in [0.3, 0.4) is 0 Å². The van der Waals surface area contributed by atoms with Gasteiger partial charge in [0, 0.05) is 19.2 Å². The van der Waals surface area contributed by atoms with Gasteiger partial charge >= 0.3 is 0 Å². The molecule has 156 valence electrons. The molecule has 0 bridgehead atoms. The average molecular weight is 406 g/mol. The van der Waals surface area contributed by atoms with Gasteiger partial charge in [-0.3, -0.25) is 9.59 Å². The van der Waals surface area contributed by atoms with E-state index >= 15 is 0 Å². The monoisotopic (exact) mass is 406 g/mol. The van der Waals surface area contributed by atoms with Crippen molar-refractivity contribution in [1.29, 1.82) is 0 Å². The maximum absolute atomic E-state index is 13.5. The average Bonchev–Trinajstić information content (AvgIpc) is 3.06. The molecule has 1 atom stereocenters. The van der Waals surface area contributed by atoms with Crippen molar-refractivity contribution < 1.29 is 13.9 Å². The highest BCUT2D eigenvalue weighted by molar-refractivity contribution is 5.99. The lowest BCUT2D eigenvalue weighted by Gasteiger charge is -2.28. The van der Waals surface area contributed by atoms with Gasteiger partial charge in [-0.15, -0.1) is 0 Å². The summed E-state index contributed by atoms with van der Waals surface area (Å²) >= 11 is 0. The number of carbonyl (C=O) groups excluding carboxylic acids is 1. The van der Waals surface area contributed by atoms with Crippen LogP contribution in [0.2, 0.25) is 0 Å². The highest BCUT2D eigenvalue weighted by atomic mass is 16.5. The van der Waals surface area contributed by atoms with Gasteiger partial charge in [-0.1, -0.05) is 44.2 Å². The molecule has 2 heterocycles. The van der Waals surface area contributed by atoms with Crippen LogP contribution in [0.1, 0.15) is 41.6 Å². The van der Waals surface area contributed by atoms with E-state index in [9.17, 15) is 9.59 Å². The third-order valence-electron chi connectivity index (χ3n) is 5.84. The molecule has 1 amide bonds. The Labute approximate surface area is 175 Å². The number of methoxy groups -OCH3 is 1. The lowest BCUT2D eigenvalue weighted by molar-refractivity contribution is 0.0708. The number of ether oxygens (including phenoxy) is 1. The fourth-order valence-electron chi connectivity index (χ4n) is 4.13. The van der Waals surface area contributed by atoms with Crippen molar-refractivity contribution in [3.05, 3.63) is 75.6 Å². The third-order valence-corrected chi connectivity index (χ3v) is 5.84. The van der Waals surface area contributed by atoms with E-state index < -0.39 is 6.04 Å². The minimum atomic E-state index is -0.452. The molecule has 0 radical (unpaired) electrons. The number of rotatable bonds is 7. The second-order valence-electron chi connectivity index (χ2n) is 7.37. The molecule has 6 nitrogen and oxygen atoms in total. The third kappa shape index (κ3) is 3.37. The highest BCUT2D eigenvalue weighted by Gasteiger charge is 2.42. The predicted octanol–water partition coefficient (Wildman–Crippen LogP) is 3.69. The fraction of sp³-hybridized carbons (Fsp3) is 0.333. The van der Waals surface area contributed by atoms with Crippen molar-refractivity contribution in [3.8, 4) is 5.75 Å². The lowest BCUT2D eigenvalue weighted by atomic mass is 9.98. The number of likely N-dealkylation sites (N-methyl/N-ethyl adjacent to an activating group) is 1. The van der Waals surface area contributed by atoms with Crippen LogP contribution >= 0.6 is 0 Å². The topological polar surface area (TPSA) is 63.0 Å². The molecule has 0 saturated carbocycles. The molecule has 30 heavy (non-hydrogen) atoms. The molecular formula is C24H26N2O4. The summed E-state index contributed by atoms with van der Waals surface area (Å²) in [5, 5.41) is 0.453. The van der Waals surface area contributed by atoms with Crippen molar-refractivity contribution in [3.63, 3.8) is 0 Å². The number of hydrogen-bond donors (Lipinski definition) is 0. The number of carbonyl (C=O) groups is 1. The Morgan fingerprint density at radius 1 is 1.07 bits per heavy atom. The van der Waals surface area contributed by atoms with Crippen LogP contribution in [0.25, 0.3) is 11.0 Å². The molecule has 0 spiro atoms. The summed E-state index contributed by atoms with van der Waals surface area (Å²) in [5.41, 5.74) is 1.53. The van der Waals surface area contributed by atoms with E-state index in [0.717, 1.165) is 25.2 Å². The Hall–Kier alpha value is -3.12. The maximum Gasteiger partial charge on any atom is 0.290 e. The number of amides is 1. The van der Waals surface area contributed by atoms with Crippen molar-refractivity contribution >= 4 is 16.9 Å². The second-order valence-corrected chi connectivity index (χ2v) is 7.37. The minimum Gasteiger partial charge on any atom is -0.497 e. The normalized spacial score (nSPS) is 15.8. The predicted molar refractivity (Wildman–Crippen MR) is 116 cm³/mol.